The monoisotopic (exact) mass is 278 g/mol. The second-order valence-electron chi connectivity index (χ2n) is 4.19. The summed E-state index contributed by atoms with van der Waals surface area (Å²) in [7, 11) is 0. The van der Waals surface area contributed by atoms with Gasteiger partial charge in [-0.1, -0.05) is 12.1 Å². The van der Waals surface area contributed by atoms with Crippen LogP contribution in [0.25, 0.3) is 16.9 Å². The molecule has 0 saturated heterocycles. The Hall–Kier alpha value is -3.47. The fourth-order valence-corrected chi connectivity index (χ4v) is 1.93. The molecule has 4 N–H and O–H groups in total. The van der Waals surface area contributed by atoms with Gasteiger partial charge in [0.05, 0.1) is 11.4 Å². The number of hydrogen-bond donors (Lipinski definition) is 2. The van der Waals surface area contributed by atoms with E-state index in [-0.39, 0.29) is 17.3 Å². The molecule has 3 aromatic rings. The maximum Gasteiger partial charge on any atom is 0.222 e. The van der Waals surface area contributed by atoms with Crippen LogP contribution in [0.15, 0.2) is 36.9 Å². The standard InChI is InChI=1S/C13H10N8/c14-5-10-11(19-13(16)20-12(10)15)8-1-3-9(4-2-8)21-7-17-6-18-21/h1-4,6-7H,(H4,15,16,19,20). The fourth-order valence-electron chi connectivity index (χ4n) is 1.93. The van der Waals surface area contributed by atoms with Gasteiger partial charge in [0.25, 0.3) is 0 Å². The largest absolute Gasteiger partial charge is 0.382 e. The molecule has 2 aromatic heterocycles. The first-order valence-corrected chi connectivity index (χ1v) is 5.97. The van der Waals surface area contributed by atoms with Crippen molar-refractivity contribution in [1.29, 1.82) is 5.26 Å². The lowest BCUT2D eigenvalue weighted by Gasteiger charge is -2.07. The van der Waals surface area contributed by atoms with Crippen molar-refractivity contribution in [1.82, 2.24) is 24.7 Å². The molecule has 0 fully saturated rings. The third kappa shape index (κ3) is 2.23. The molecule has 0 aliphatic rings. The van der Waals surface area contributed by atoms with Crippen LogP contribution in [0.3, 0.4) is 0 Å². The van der Waals surface area contributed by atoms with Crippen LogP contribution in [0.5, 0.6) is 0 Å². The van der Waals surface area contributed by atoms with Gasteiger partial charge >= 0.3 is 0 Å². The van der Waals surface area contributed by atoms with Gasteiger partial charge in [-0.15, -0.1) is 0 Å². The van der Waals surface area contributed by atoms with Gasteiger partial charge in [0.15, 0.2) is 0 Å². The third-order valence-electron chi connectivity index (χ3n) is 2.89. The molecule has 8 heteroatoms. The third-order valence-corrected chi connectivity index (χ3v) is 2.89. The Kier molecular flexibility index (Phi) is 2.93. The number of nitrogen functional groups attached to an aromatic ring is 2. The van der Waals surface area contributed by atoms with Gasteiger partial charge in [-0.05, 0) is 12.1 Å². The summed E-state index contributed by atoms with van der Waals surface area (Å²) in [6.07, 6.45) is 3.05. The molecule has 0 amide bonds. The van der Waals surface area contributed by atoms with Crippen molar-refractivity contribution in [2.45, 2.75) is 0 Å². The number of rotatable bonds is 2. The van der Waals surface area contributed by atoms with Crippen molar-refractivity contribution in [3.05, 3.63) is 42.5 Å². The zero-order valence-electron chi connectivity index (χ0n) is 10.8. The molecular formula is C13H10N8. The van der Waals surface area contributed by atoms with Gasteiger partial charge in [-0.25, -0.2) is 14.6 Å². The first kappa shape index (κ1) is 12.6. The van der Waals surface area contributed by atoms with Crippen LogP contribution >= 0.6 is 0 Å². The van der Waals surface area contributed by atoms with Crippen LogP contribution in [-0.4, -0.2) is 24.7 Å². The summed E-state index contributed by atoms with van der Waals surface area (Å²) in [5, 5.41) is 13.2. The zero-order chi connectivity index (χ0) is 14.8. The molecule has 21 heavy (non-hydrogen) atoms. The molecule has 3 rings (SSSR count). The van der Waals surface area contributed by atoms with Gasteiger partial charge in [-0.3, -0.25) is 0 Å². The number of hydrogen-bond acceptors (Lipinski definition) is 7. The van der Waals surface area contributed by atoms with Gasteiger partial charge in [-0.2, -0.15) is 15.3 Å². The highest BCUT2D eigenvalue weighted by atomic mass is 15.3. The summed E-state index contributed by atoms with van der Waals surface area (Å²) in [5.74, 6) is 0.0993. The van der Waals surface area contributed by atoms with E-state index >= 15 is 0 Å². The Morgan fingerprint density at radius 1 is 1.10 bits per heavy atom. The summed E-state index contributed by atoms with van der Waals surface area (Å²) in [6, 6.07) is 9.27. The molecule has 0 unspecified atom stereocenters. The van der Waals surface area contributed by atoms with E-state index in [1.165, 1.54) is 6.33 Å². The minimum Gasteiger partial charge on any atom is -0.382 e. The van der Waals surface area contributed by atoms with E-state index in [4.69, 9.17) is 11.5 Å². The molecule has 102 valence electrons. The lowest BCUT2D eigenvalue weighted by Crippen LogP contribution is -2.05. The van der Waals surface area contributed by atoms with Crippen molar-refractivity contribution in [3.8, 4) is 23.0 Å². The van der Waals surface area contributed by atoms with Crippen molar-refractivity contribution < 1.29 is 0 Å². The lowest BCUT2D eigenvalue weighted by molar-refractivity contribution is 0.879. The molecule has 0 radical (unpaired) electrons. The molecule has 0 spiro atoms. The van der Waals surface area contributed by atoms with Gasteiger partial charge in [0.1, 0.15) is 30.1 Å². The second kappa shape index (κ2) is 4.90. The van der Waals surface area contributed by atoms with E-state index < -0.39 is 0 Å². The molecule has 2 heterocycles. The van der Waals surface area contributed by atoms with Gasteiger partial charge in [0.2, 0.25) is 5.95 Å². The molecule has 0 atom stereocenters. The smallest absolute Gasteiger partial charge is 0.222 e. The van der Waals surface area contributed by atoms with Crippen molar-refractivity contribution in [2.24, 2.45) is 0 Å². The number of anilines is 2. The minimum absolute atomic E-state index is 0.0295. The molecule has 0 aliphatic heterocycles. The van der Waals surface area contributed by atoms with Crippen molar-refractivity contribution in [2.75, 3.05) is 11.5 Å². The average Bonchev–Trinajstić information content (AvgIpc) is 3.01. The highest BCUT2D eigenvalue weighted by molar-refractivity contribution is 5.73. The molecule has 8 nitrogen and oxygen atoms in total. The van der Waals surface area contributed by atoms with Crippen LogP contribution < -0.4 is 11.5 Å². The summed E-state index contributed by atoms with van der Waals surface area (Å²) in [5.41, 5.74) is 13.5. The SMILES string of the molecule is N#Cc1c(N)nc(N)nc1-c1ccc(-n2cncn2)cc1. The van der Waals surface area contributed by atoms with Crippen LogP contribution in [0.4, 0.5) is 11.8 Å². The summed E-state index contributed by atoms with van der Waals surface area (Å²) in [6.45, 7) is 0. The second-order valence-corrected chi connectivity index (χ2v) is 4.19. The topological polar surface area (TPSA) is 132 Å². The first-order valence-electron chi connectivity index (χ1n) is 5.97. The summed E-state index contributed by atoms with van der Waals surface area (Å²) >= 11 is 0. The first-order chi connectivity index (χ1) is 10.2. The Morgan fingerprint density at radius 2 is 1.86 bits per heavy atom. The lowest BCUT2D eigenvalue weighted by atomic mass is 10.1. The van der Waals surface area contributed by atoms with E-state index in [0.29, 0.717) is 5.69 Å². The van der Waals surface area contributed by atoms with E-state index in [1.807, 2.05) is 18.2 Å². The predicted octanol–water partition coefficient (Wildman–Crippen LogP) is 0.760. The fraction of sp³-hybridized carbons (Fsp3) is 0. The Labute approximate surface area is 119 Å². The predicted molar refractivity (Wildman–Crippen MR) is 75.9 cm³/mol. The molecule has 0 saturated carbocycles. The van der Waals surface area contributed by atoms with Crippen LogP contribution in [0, 0.1) is 11.3 Å². The zero-order valence-corrected chi connectivity index (χ0v) is 10.8. The molecule has 0 bridgehead atoms. The van der Waals surface area contributed by atoms with Gasteiger partial charge < -0.3 is 11.5 Å². The Bertz CT molecular complexity index is 815. The maximum atomic E-state index is 9.18. The normalized spacial score (nSPS) is 10.2. The molecule has 0 aliphatic carbocycles. The van der Waals surface area contributed by atoms with Crippen molar-refractivity contribution in [3.63, 3.8) is 0 Å². The average molecular weight is 278 g/mol. The van der Waals surface area contributed by atoms with Crippen LogP contribution in [0.1, 0.15) is 5.56 Å². The van der Waals surface area contributed by atoms with Crippen LogP contribution in [0.2, 0.25) is 0 Å². The Balaban J connectivity index is 2.08. The Morgan fingerprint density at radius 3 is 2.48 bits per heavy atom. The molecule has 1 aromatic carbocycles. The molecular weight excluding hydrogens is 268 g/mol. The quantitative estimate of drug-likeness (QED) is 0.707. The van der Waals surface area contributed by atoms with Gasteiger partial charge in [0, 0.05) is 5.56 Å². The van der Waals surface area contributed by atoms with E-state index in [2.05, 4.69) is 20.1 Å². The number of nitrogens with two attached hydrogens (primary N) is 2. The number of benzene rings is 1. The minimum atomic E-state index is 0.0295. The highest BCUT2D eigenvalue weighted by Crippen LogP contribution is 2.25. The summed E-state index contributed by atoms with van der Waals surface area (Å²) < 4.78 is 1.62. The highest BCUT2D eigenvalue weighted by Gasteiger charge is 2.13. The maximum absolute atomic E-state index is 9.18. The van der Waals surface area contributed by atoms with E-state index in [9.17, 15) is 5.26 Å². The van der Waals surface area contributed by atoms with Crippen molar-refractivity contribution >= 4 is 11.8 Å². The van der Waals surface area contributed by atoms with E-state index in [1.54, 1.807) is 23.1 Å². The van der Waals surface area contributed by atoms with E-state index in [0.717, 1.165) is 11.3 Å². The summed E-state index contributed by atoms with van der Waals surface area (Å²) in [4.78, 5) is 11.8. The number of nitrogens with zero attached hydrogens (tertiary/aromatic N) is 6. The number of aromatic nitrogens is 5. The number of nitriles is 1. The van der Waals surface area contributed by atoms with Crippen LogP contribution in [-0.2, 0) is 0 Å².